The Morgan fingerprint density at radius 3 is 2.77 bits per heavy atom. The largest absolute Gasteiger partial charge is 0.355 e. The van der Waals surface area contributed by atoms with Crippen molar-refractivity contribution in [1.29, 1.82) is 0 Å². The Bertz CT molecular complexity index is 1040. The maximum Gasteiger partial charge on any atom is 0.251 e. The van der Waals surface area contributed by atoms with Crippen molar-refractivity contribution in [3.8, 4) is 0 Å². The van der Waals surface area contributed by atoms with Gasteiger partial charge in [0.15, 0.2) is 0 Å². The number of anilines is 1. The second-order valence-electron chi connectivity index (χ2n) is 9.42. The molecule has 0 radical (unpaired) electrons. The lowest BCUT2D eigenvalue weighted by atomic mass is 9.78. The molecule has 6 rings (SSSR count). The number of nitrogens with zero attached hydrogens (tertiary/aromatic N) is 4. The van der Waals surface area contributed by atoms with E-state index in [1.54, 1.807) is 12.4 Å². The van der Waals surface area contributed by atoms with Crippen molar-refractivity contribution in [1.82, 2.24) is 19.9 Å². The van der Waals surface area contributed by atoms with Crippen molar-refractivity contribution in [2.45, 2.75) is 50.0 Å². The van der Waals surface area contributed by atoms with Crippen LogP contribution in [0.2, 0.25) is 0 Å². The van der Waals surface area contributed by atoms with Gasteiger partial charge in [0.25, 0.3) is 5.56 Å². The summed E-state index contributed by atoms with van der Waals surface area (Å²) < 4.78 is 1.96. The molecule has 4 heterocycles. The Balaban J connectivity index is 1.31. The van der Waals surface area contributed by atoms with E-state index < -0.39 is 0 Å². The van der Waals surface area contributed by atoms with Crippen LogP contribution in [-0.2, 0) is 4.79 Å². The zero-order chi connectivity index (χ0) is 20.2. The quantitative estimate of drug-likeness (QED) is 0.825. The van der Waals surface area contributed by atoms with Crippen LogP contribution in [0.25, 0.3) is 0 Å². The first-order chi connectivity index (χ1) is 14.7. The molecule has 0 aromatic carbocycles. The normalized spacial score (nSPS) is 27.5. The second kappa shape index (κ2) is 6.93. The Kier molecular flexibility index (Phi) is 4.18. The van der Waals surface area contributed by atoms with Gasteiger partial charge in [-0.3, -0.25) is 9.59 Å². The van der Waals surface area contributed by atoms with Crippen molar-refractivity contribution in [3.63, 3.8) is 0 Å². The first-order valence-corrected chi connectivity index (χ1v) is 11.2. The fraction of sp³-hybridized carbons (Fsp3) is 0.565. The third-order valence-electron chi connectivity index (χ3n) is 7.23. The number of carbonyl (C=O) groups excluding carboxylic acids is 1. The average molecular weight is 406 g/mol. The van der Waals surface area contributed by atoms with Crippen LogP contribution in [0.4, 0.5) is 5.82 Å². The van der Waals surface area contributed by atoms with Gasteiger partial charge < -0.3 is 14.8 Å². The highest BCUT2D eigenvalue weighted by atomic mass is 16.2. The Hall–Kier alpha value is -2.70. The Morgan fingerprint density at radius 2 is 1.97 bits per heavy atom. The number of pyridine rings is 1. The topological polar surface area (TPSA) is 80.1 Å². The van der Waals surface area contributed by atoms with Gasteiger partial charge in [-0.1, -0.05) is 6.07 Å². The summed E-state index contributed by atoms with van der Waals surface area (Å²) in [4.78, 5) is 36.5. The maximum atomic E-state index is 12.8. The second-order valence-corrected chi connectivity index (χ2v) is 9.42. The molecule has 0 unspecified atom stereocenters. The van der Waals surface area contributed by atoms with Crippen LogP contribution in [0, 0.1) is 11.8 Å². The summed E-state index contributed by atoms with van der Waals surface area (Å²) >= 11 is 0. The summed E-state index contributed by atoms with van der Waals surface area (Å²) in [7, 11) is 0. The van der Waals surface area contributed by atoms with Crippen LogP contribution in [0.3, 0.4) is 0 Å². The number of fused-ring (bicyclic) bond motifs is 4. The molecule has 1 saturated heterocycles. The molecule has 3 atom stereocenters. The SMILES string of the molecule is O=C(NC[C@H]1[C@H]2C[C@H](CN(c3cc(C4CC4)ncn3)C2)c2cccc(=O)n21)C1CC1. The predicted molar refractivity (Wildman–Crippen MR) is 113 cm³/mol. The molecule has 2 aromatic heterocycles. The van der Waals surface area contributed by atoms with Gasteiger partial charge in [-0.05, 0) is 44.1 Å². The number of piperidine rings is 1. The monoisotopic (exact) mass is 405 g/mol. The van der Waals surface area contributed by atoms with Crippen LogP contribution in [0.5, 0.6) is 0 Å². The molecule has 1 N–H and O–H groups in total. The molecule has 7 heteroatoms. The third-order valence-corrected chi connectivity index (χ3v) is 7.23. The number of hydrogen-bond donors (Lipinski definition) is 1. The molecule has 2 aliphatic carbocycles. The molecule has 3 fully saturated rings. The molecule has 30 heavy (non-hydrogen) atoms. The summed E-state index contributed by atoms with van der Waals surface area (Å²) in [6.45, 7) is 2.24. The fourth-order valence-electron chi connectivity index (χ4n) is 5.32. The fourth-order valence-corrected chi connectivity index (χ4v) is 5.32. The lowest BCUT2D eigenvalue weighted by molar-refractivity contribution is -0.122. The van der Waals surface area contributed by atoms with E-state index in [1.165, 1.54) is 12.8 Å². The molecular weight excluding hydrogens is 378 g/mol. The van der Waals surface area contributed by atoms with Crippen molar-refractivity contribution in [3.05, 3.63) is 52.3 Å². The maximum absolute atomic E-state index is 12.8. The van der Waals surface area contributed by atoms with Crippen LogP contribution >= 0.6 is 0 Å². The number of amides is 1. The summed E-state index contributed by atoms with van der Waals surface area (Å²) in [5.74, 6) is 2.51. The molecule has 2 aliphatic heterocycles. The van der Waals surface area contributed by atoms with Crippen LogP contribution in [0.15, 0.2) is 35.4 Å². The number of carbonyl (C=O) groups is 1. The molecular formula is C23H27N5O2. The molecule has 156 valence electrons. The lowest BCUT2D eigenvalue weighted by Gasteiger charge is -2.47. The minimum absolute atomic E-state index is 0.0137. The predicted octanol–water partition coefficient (Wildman–Crippen LogP) is 2.21. The summed E-state index contributed by atoms with van der Waals surface area (Å²) in [6, 6.07) is 7.73. The molecule has 4 aliphatic rings. The van der Waals surface area contributed by atoms with E-state index >= 15 is 0 Å². The van der Waals surface area contributed by atoms with Crippen molar-refractivity contribution in [2.75, 3.05) is 24.5 Å². The summed E-state index contributed by atoms with van der Waals surface area (Å²) in [5, 5.41) is 3.13. The van der Waals surface area contributed by atoms with E-state index in [0.29, 0.717) is 24.3 Å². The number of hydrogen-bond acceptors (Lipinski definition) is 5. The van der Waals surface area contributed by atoms with Gasteiger partial charge in [0.1, 0.15) is 12.1 Å². The molecule has 0 spiro atoms. The van der Waals surface area contributed by atoms with E-state index in [2.05, 4.69) is 32.3 Å². The van der Waals surface area contributed by atoms with Gasteiger partial charge in [-0.15, -0.1) is 0 Å². The third kappa shape index (κ3) is 3.20. The Morgan fingerprint density at radius 1 is 1.10 bits per heavy atom. The standard InChI is InChI=1S/C23H27N5O2/c29-22-3-1-2-19-16-8-17(20(28(19)22)10-24-23(30)15-6-7-15)12-27(11-16)21-9-18(14-4-5-14)25-13-26-21/h1-3,9,13-17,20H,4-8,10-12H2,(H,24,30)/t16-,17+,20+/m1/s1. The van der Waals surface area contributed by atoms with E-state index in [4.69, 9.17) is 0 Å². The van der Waals surface area contributed by atoms with Crippen LogP contribution in [-0.4, -0.2) is 40.1 Å². The lowest BCUT2D eigenvalue weighted by Crippen LogP contribution is -2.52. The average Bonchev–Trinajstić information content (AvgIpc) is 3.66. The van der Waals surface area contributed by atoms with Gasteiger partial charge in [0.05, 0.1) is 6.04 Å². The van der Waals surface area contributed by atoms with Crippen LogP contribution < -0.4 is 15.8 Å². The van der Waals surface area contributed by atoms with Crippen molar-refractivity contribution < 1.29 is 4.79 Å². The zero-order valence-electron chi connectivity index (χ0n) is 17.0. The number of nitrogens with one attached hydrogen (secondary N) is 1. The van der Waals surface area contributed by atoms with Gasteiger partial charge >= 0.3 is 0 Å². The van der Waals surface area contributed by atoms with Crippen molar-refractivity contribution in [2.24, 2.45) is 11.8 Å². The van der Waals surface area contributed by atoms with Gasteiger partial charge in [0, 0.05) is 60.9 Å². The smallest absolute Gasteiger partial charge is 0.251 e. The van der Waals surface area contributed by atoms with E-state index in [1.807, 2.05) is 10.6 Å². The first-order valence-electron chi connectivity index (χ1n) is 11.2. The minimum Gasteiger partial charge on any atom is -0.355 e. The van der Waals surface area contributed by atoms with E-state index in [-0.39, 0.29) is 23.4 Å². The van der Waals surface area contributed by atoms with E-state index in [0.717, 1.165) is 49.6 Å². The highest BCUT2D eigenvalue weighted by Crippen LogP contribution is 2.43. The zero-order valence-corrected chi connectivity index (χ0v) is 17.0. The van der Waals surface area contributed by atoms with Gasteiger partial charge in [0.2, 0.25) is 5.91 Å². The number of aromatic nitrogens is 3. The molecule has 1 amide bonds. The van der Waals surface area contributed by atoms with Crippen LogP contribution in [0.1, 0.15) is 61.4 Å². The molecule has 7 nitrogen and oxygen atoms in total. The van der Waals surface area contributed by atoms with Gasteiger partial charge in [-0.25, -0.2) is 9.97 Å². The highest BCUT2D eigenvalue weighted by Gasteiger charge is 2.41. The first kappa shape index (κ1) is 18.1. The number of rotatable bonds is 5. The highest BCUT2D eigenvalue weighted by molar-refractivity contribution is 5.80. The van der Waals surface area contributed by atoms with Crippen molar-refractivity contribution >= 4 is 11.7 Å². The molecule has 2 saturated carbocycles. The van der Waals surface area contributed by atoms with E-state index in [9.17, 15) is 9.59 Å². The molecule has 2 bridgehead atoms. The summed E-state index contributed by atoms with van der Waals surface area (Å²) in [5.41, 5.74) is 2.28. The molecule has 2 aromatic rings. The minimum atomic E-state index is -0.0137. The van der Waals surface area contributed by atoms with Gasteiger partial charge in [-0.2, -0.15) is 0 Å². The Labute approximate surface area is 175 Å². The summed E-state index contributed by atoms with van der Waals surface area (Å²) in [6.07, 6.45) is 7.16.